The number of hydrogen-bond acceptors (Lipinski definition) is 5. The molecule has 2 nitrogen and oxygen atoms in total. The van der Waals surface area contributed by atoms with E-state index in [1.807, 2.05) is 6.26 Å². The molecule has 0 aromatic carbocycles. The van der Waals surface area contributed by atoms with Crippen LogP contribution in [0.4, 0.5) is 0 Å². The fourth-order valence-electron chi connectivity index (χ4n) is 0.441. The van der Waals surface area contributed by atoms with E-state index in [0.717, 1.165) is 6.61 Å². The first-order valence-electron chi connectivity index (χ1n) is 2.63. The summed E-state index contributed by atoms with van der Waals surface area (Å²) in [6.45, 7) is 0.832. The van der Waals surface area contributed by atoms with Crippen molar-refractivity contribution >= 4 is 33.8 Å². The van der Waals surface area contributed by atoms with Crippen molar-refractivity contribution in [1.29, 1.82) is 0 Å². The van der Waals surface area contributed by atoms with Gasteiger partial charge in [0.15, 0.2) is 0 Å². The maximum Gasteiger partial charge on any atom is 0.0794 e. The molecule has 0 saturated carbocycles. The summed E-state index contributed by atoms with van der Waals surface area (Å²) in [6.07, 6.45) is 2.01. The van der Waals surface area contributed by atoms with Gasteiger partial charge in [-0.15, -0.1) is 0 Å². The number of rotatable bonds is 4. The van der Waals surface area contributed by atoms with Crippen LogP contribution in [0.25, 0.3) is 0 Å². The highest BCUT2D eigenvalue weighted by Crippen LogP contribution is 2.20. The van der Waals surface area contributed by atoms with E-state index in [9.17, 15) is 0 Å². The van der Waals surface area contributed by atoms with Crippen LogP contribution in [0.2, 0.25) is 0 Å². The molecular formula is C4H9NOS3. The van der Waals surface area contributed by atoms with Crippen molar-refractivity contribution in [3.63, 3.8) is 0 Å². The summed E-state index contributed by atoms with van der Waals surface area (Å²) >= 11 is 3.21. The zero-order chi connectivity index (χ0) is 6.53. The van der Waals surface area contributed by atoms with Gasteiger partial charge in [-0.25, -0.2) is 0 Å². The predicted octanol–water partition coefficient (Wildman–Crippen LogP) is 1.55. The highest BCUT2D eigenvalue weighted by molar-refractivity contribution is 8.74. The molecule has 1 aliphatic heterocycles. The van der Waals surface area contributed by atoms with Gasteiger partial charge in [0.05, 0.1) is 23.7 Å². The molecule has 0 bridgehead atoms. The van der Waals surface area contributed by atoms with E-state index < -0.39 is 0 Å². The molecule has 1 rings (SSSR count). The predicted molar refractivity (Wildman–Crippen MR) is 46.4 cm³/mol. The van der Waals surface area contributed by atoms with Crippen LogP contribution in [-0.2, 0) is 4.18 Å². The second kappa shape index (κ2) is 4.73. The third kappa shape index (κ3) is 3.04. The third-order valence-electron chi connectivity index (χ3n) is 0.920. The zero-order valence-electron chi connectivity index (χ0n) is 5.12. The summed E-state index contributed by atoms with van der Waals surface area (Å²) < 4.78 is 8.36. The first-order chi connectivity index (χ1) is 4.43. The summed E-state index contributed by atoms with van der Waals surface area (Å²) in [5.74, 6) is 1.19. The highest BCUT2D eigenvalue weighted by Gasteiger charge is 2.16. The lowest BCUT2D eigenvalue weighted by Gasteiger charge is -2.24. The second-order valence-electron chi connectivity index (χ2n) is 1.65. The van der Waals surface area contributed by atoms with Gasteiger partial charge in [0.25, 0.3) is 0 Å². The smallest absolute Gasteiger partial charge is 0.0794 e. The average molecular weight is 183 g/mol. The third-order valence-corrected chi connectivity index (χ3v) is 3.05. The molecule has 1 N–H and O–H groups in total. The van der Waals surface area contributed by atoms with Gasteiger partial charge in [0.1, 0.15) is 0 Å². The van der Waals surface area contributed by atoms with Gasteiger partial charge >= 0.3 is 0 Å². The Morgan fingerprint density at radius 2 is 2.67 bits per heavy atom. The minimum Gasteiger partial charge on any atom is -0.303 e. The van der Waals surface area contributed by atoms with Crippen molar-refractivity contribution in [3.8, 4) is 0 Å². The Balaban J connectivity index is 1.80. The van der Waals surface area contributed by atoms with Crippen molar-refractivity contribution in [2.45, 2.75) is 6.04 Å². The Hall–Kier alpha value is 0.970. The van der Waals surface area contributed by atoms with Crippen molar-refractivity contribution in [2.24, 2.45) is 0 Å². The largest absolute Gasteiger partial charge is 0.303 e. The van der Waals surface area contributed by atoms with Gasteiger partial charge < -0.3 is 4.18 Å². The fourth-order valence-corrected chi connectivity index (χ4v) is 1.78. The van der Waals surface area contributed by atoms with Crippen LogP contribution in [0.3, 0.4) is 0 Å². The number of hydrogen-bond donors (Lipinski definition) is 1. The molecule has 5 heteroatoms. The van der Waals surface area contributed by atoms with Gasteiger partial charge in [-0.1, -0.05) is 22.7 Å². The van der Waals surface area contributed by atoms with Crippen LogP contribution in [0.1, 0.15) is 0 Å². The Bertz CT molecular complexity index is 78.2. The molecule has 0 aromatic rings. The van der Waals surface area contributed by atoms with E-state index in [2.05, 4.69) is 4.72 Å². The SMILES string of the molecule is CSSOCC1CSN1. The molecule has 0 spiro atoms. The van der Waals surface area contributed by atoms with Crippen LogP contribution in [0.5, 0.6) is 0 Å². The Labute approximate surface area is 67.6 Å². The first-order valence-corrected chi connectivity index (χ1v) is 6.10. The lowest BCUT2D eigenvalue weighted by atomic mass is 10.4. The second-order valence-corrected chi connectivity index (χ2v) is 4.62. The summed E-state index contributed by atoms with van der Waals surface area (Å²) in [5, 5.41) is 0. The van der Waals surface area contributed by atoms with Crippen molar-refractivity contribution in [1.82, 2.24) is 4.72 Å². The van der Waals surface area contributed by atoms with E-state index >= 15 is 0 Å². The van der Waals surface area contributed by atoms with Crippen molar-refractivity contribution in [3.05, 3.63) is 0 Å². The lowest BCUT2D eigenvalue weighted by Crippen LogP contribution is -2.40. The van der Waals surface area contributed by atoms with Crippen LogP contribution in [-0.4, -0.2) is 24.7 Å². The number of nitrogens with one attached hydrogen (secondary N) is 1. The summed E-state index contributed by atoms with van der Waals surface area (Å²) in [4.78, 5) is 0. The van der Waals surface area contributed by atoms with Crippen LogP contribution >= 0.6 is 33.8 Å². The van der Waals surface area contributed by atoms with E-state index in [1.54, 1.807) is 22.7 Å². The van der Waals surface area contributed by atoms with E-state index in [4.69, 9.17) is 4.18 Å². The highest BCUT2D eigenvalue weighted by atomic mass is 33.1. The van der Waals surface area contributed by atoms with Gasteiger partial charge in [-0.2, -0.15) is 0 Å². The normalized spacial score (nSPS) is 25.7. The molecular weight excluding hydrogens is 174 g/mol. The quantitative estimate of drug-likeness (QED) is 0.308. The molecule has 0 amide bonds. The molecule has 1 fully saturated rings. The van der Waals surface area contributed by atoms with Crippen LogP contribution < -0.4 is 4.72 Å². The van der Waals surface area contributed by atoms with E-state index in [1.165, 1.54) is 16.8 Å². The van der Waals surface area contributed by atoms with Crippen molar-refractivity contribution < 1.29 is 4.18 Å². The van der Waals surface area contributed by atoms with Gasteiger partial charge in [0.2, 0.25) is 0 Å². The molecule has 1 heterocycles. The molecule has 0 radical (unpaired) electrons. The molecule has 1 unspecified atom stereocenters. The standard InChI is InChI=1S/C4H9NOS3/c1-7-9-6-2-4-3-8-5-4/h4-5H,2-3H2,1H3. The average Bonchev–Trinajstić information content (AvgIpc) is 1.76. The molecule has 1 saturated heterocycles. The van der Waals surface area contributed by atoms with Gasteiger partial charge in [-0.3, -0.25) is 4.72 Å². The van der Waals surface area contributed by atoms with Crippen molar-refractivity contribution in [2.75, 3.05) is 18.6 Å². The van der Waals surface area contributed by atoms with Gasteiger partial charge in [0, 0.05) is 5.75 Å². The lowest BCUT2D eigenvalue weighted by molar-refractivity contribution is 0.336. The maximum atomic E-state index is 5.19. The fraction of sp³-hybridized carbons (Fsp3) is 1.00. The summed E-state index contributed by atoms with van der Waals surface area (Å²) in [6, 6.07) is 0.592. The minimum absolute atomic E-state index is 0.592. The molecule has 0 aromatic heterocycles. The maximum absolute atomic E-state index is 5.19. The monoisotopic (exact) mass is 183 g/mol. The first kappa shape index (κ1) is 8.07. The Morgan fingerprint density at radius 1 is 1.89 bits per heavy atom. The summed E-state index contributed by atoms with van der Waals surface area (Å²) in [5.41, 5.74) is 0. The minimum atomic E-state index is 0.592. The van der Waals surface area contributed by atoms with E-state index in [-0.39, 0.29) is 0 Å². The molecule has 1 atom stereocenters. The Kier molecular flexibility index (Phi) is 4.25. The van der Waals surface area contributed by atoms with Crippen LogP contribution in [0, 0.1) is 0 Å². The molecule has 54 valence electrons. The molecule has 0 aliphatic carbocycles. The topological polar surface area (TPSA) is 21.3 Å². The molecule has 1 aliphatic rings. The molecule has 9 heavy (non-hydrogen) atoms. The Morgan fingerprint density at radius 3 is 3.11 bits per heavy atom. The van der Waals surface area contributed by atoms with Crippen LogP contribution in [0.15, 0.2) is 0 Å². The summed E-state index contributed by atoms with van der Waals surface area (Å²) in [7, 11) is 1.64. The van der Waals surface area contributed by atoms with E-state index in [0.29, 0.717) is 6.04 Å². The zero-order valence-corrected chi connectivity index (χ0v) is 7.57. The van der Waals surface area contributed by atoms with Gasteiger partial charge in [-0.05, 0) is 6.26 Å².